The normalized spacial score (nSPS) is 16.0. The van der Waals surface area contributed by atoms with E-state index in [0.29, 0.717) is 16.8 Å². The van der Waals surface area contributed by atoms with Crippen LogP contribution in [0.4, 0.5) is 5.69 Å². The van der Waals surface area contributed by atoms with Crippen molar-refractivity contribution in [2.45, 2.75) is 33.2 Å². The van der Waals surface area contributed by atoms with E-state index >= 15 is 0 Å². The van der Waals surface area contributed by atoms with Gasteiger partial charge in [0.2, 0.25) is 5.82 Å². The molecule has 0 spiro atoms. The van der Waals surface area contributed by atoms with E-state index in [-0.39, 0.29) is 6.04 Å². The Bertz CT molecular complexity index is 1360. The first-order chi connectivity index (χ1) is 16.5. The van der Waals surface area contributed by atoms with Crippen molar-refractivity contribution in [3.63, 3.8) is 0 Å². The van der Waals surface area contributed by atoms with Gasteiger partial charge in [-0.3, -0.25) is 4.90 Å². The highest BCUT2D eigenvalue weighted by Gasteiger charge is 2.34. The number of allylic oxidation sites excluding steroid dienone is 1. The quantitative estimate of drug-likeness (QED) is 0.340. The molecule has 0 saturated heterocycles. The number of thiocarbonyl (C=S) groups is 1. The molecule has 0 fully saturated rings. The third-order valence-corrected chi connectivity index (χ3v) is 6.45. The summed E-state index contributed by atoms with van der Waals surface area (Å²) in [5, 5.41) is 8.46. The summed E-state index contributed by atoms with van der Waals surface area (Å²) < 4.78 is 5.85. The molecule has 0 aliphatic carbocycles. The lowest BCUT2D eigenvalue weighted by Gasteiger charge is -2.37. The highest BCUT2D eigenvalue weighted by Crippen LogP contribution is 2.39. The standard InChI is InChI=1S/C28H26N4OS/c1-4-20-13-15-22(16-14-20)26-30-27(33-31-26)24-19(3)32(23-12-8-9-18(2)17-23)28(34)29-25(24)21-10-6-5-7-11-21/h5-17,25H,4H2,1-3H3,(H,29,34). The summed E-state index contributed by atoms with van der Waals surface area (Å²) >= 11 is 5.83. The first-order valence-corrected chi connectivity index (χ1v) is 11.8. The van der Waals surface area contributed by atoms with Crippen LogP contribution in [0.1, 0.15) is 42.5 Å². The van der Waals surface area contributed by atoms with Crippen LogP contribution in [0.2, 0.25) is 0 Å². The van der Waals surface area contributed by atoms with Crippen LogP contribution in [0, 0.1) is 6.92 Å². The second-order valence-corrected chi connectivity index (χ2v) is 8.83. The lowest BCUT2D eigenvalue weighted by Crippen LogP contribution is -2.46. The average molecular weight is 467 g/mol. The number of benzene rings is 3. The van der Waals surface area contributed by atoms with Crippen LogP contribution in [0.15, 0.2) is 89.1 Å². The second-order valence-electron chi connectivity index (χ2n) is 8.44. The number of nitrogens with zero attached hydrogens (tertiary/aromatic N) is 3. The first-order valence-electron chi connectivity index (χ1n) is 11.4. The molecule has 3 aromatic carbocycles. The second kappa shape index (κ2) is 9.23. The van der Waals surface area contributed by atoms with Crippen molar-refractivity contribution in [3.05, 3.63) is 107 Å². The van der Waals surface area contributed by atoms with Gasteiger partial charge in [0.05, 0.1) is 11.6 Å². The Hall–Kier alpha value is -3.77. The summed E-state index contributed by atoms with van der Waals surface area (Å²) in [6, 6.07) is 26.6. The number of anilines is 1. The molecular weight excluding hydrogens is 440 g/mol. The summed E-state index contributed by atoms with van der Waals surface area (Å²) in [6.45, 7) is 6.27. The van der Waals surface area contributed by atoms with E-state index in [0.717, 1.165) is 40.1 Å². The van der Waals surface area contributed by atoms with Crippen molar-refractivity contribution in [2.24, 2.45) is 0 Å². The summed E-state index contributed by atoms with van der Waals surface area (Å²) in [7, 11) is 0. The zero-order valence-electron chi connectivity index (χ0n) is 19.4. The van der Waals surface area contributed by atoms with Crippen molar-refractivity contribution in [1.82, 2.24) is 15.5 Å². The van der Waals surface area contributed by atoms with Crippen molar-refractivity contribution >= 4 is 28.6 Å². The monoisotopic (exact) mass is 466 g/mol. The number of rotatable bonds is 5. The van der Waals surface area contributed by atoms with Gasteiger partial charge in [0, 0.05) is 16.9 Å². The Morgan fingerprint density at radius 2 is 1.74 bits per heavy atom. The number of aromatic nitrogens is 2. The molecule has 6 heteroatoms. The molecule has 1 aliphatic rings. The summed E-state index contributed by atoms with van der Waals surface area (Å²) in [6.07, 6.45) is 0.989. The highest BCUT2D eigenvalue weighted by molar-refractivity contribution is 7.80. The molecule has 2 heterocycles. The van der Waals surface area contributed by atoms with E-state index in [2.05, 4.69) is 73.7 Å². The predicted molar refractivity (Wildman–Crippen MR) is 140 cm³/mol. The molecule has 0 amide bonds. The van der Waals surface area contributed by atoms with Crippen molar-refractivity contribution in [1.29, 1.82) is 0 Å². The maximum absolute atomic E-state index is 5.85. The zero-order chi connectivity index (χ0) is 23.7. The summed E-state index contributed by atoms with van der Waals surface area (Å²) in [4.78, 5) is 6.85. The van der Waals surface area contributed by atoms with E-state index < -0.39 is 0 Å². The number of nitrogens with one attached hydrogen (secondary N) is 1. The Morgan fingerprint density at radius 3 is 2.44 bits per heavy atom. The minimum atomic E-state index is -0.203. The Labute approximate surface area is 205 Å². The minimum absolute atomic E-state index is 0.203. The molecule has 1 N–H and O–H groups in total. The molecule has 0 bridgehead atoms. The van der Waals surface area contributed by atoms with Crippen LogP contribution in [0.3, 0.4) is 0 Å². The largest absolute Gasteiger partial charge is 0.351 e. The third kappa shape index (κ3) is 4.13. The predicted octanol–water partition coefficient (Wildman–Crippen LogP) is 6.47. The smallest absolute Gasteiger partial charge is 0.258 e. The van der Waals surface area contributed by atoms with Crippen LogP contribution in [0.25, 0.3) is 17.0 Å². The van der Waals surface area contributed by atoms with Crippen LogP contribution in [-0.2, 0) is 6.42 Å². The lowest BCUT2D eigenvalue weighted by atomic mass is 9.94. The van der Waals surface area contributed by atoms with Gasteiger partial charge in [-0.25, -0.2) is 0 Å². The van der Waals surface area contributed by atoms with E-state index in [9.17, 15) is 0 Å². The fourth-order valence-corrected chi connectivity index (χ4v) is 4.69. The maximum Gasteiger partial charge on any atom is 0.258 e. The molecule has 4 aromatic rings. The molecule has 0 radical (unpaired) electrons. The molecule has 5 rings (SSSR count). The van der Waals surface area contributed by atoms with Gasteiger partial charge < -0.3 is 9.84 Å². The SMILES string of the molecule is CCc1ccc(-c2noc(C3=C(C)N(c4cccc(C)c4)C(=S)NC3c3ccccc3)n2)cc1. The Morgan fingerprint density at radius 1 is 0.971 bits per heavy atom. The van der Waals surface area contributed by atoms with E-state index in [1.54, 1.807) is 0 Å². The van der Waals surface area contributed by atoms with Crippen LogP contribution < -0.4 is 10.2 Å². The van der Waals surface area contributed by atoms with Gasteiger partial charge >= 0.3 is 0 Å². The molecule has 0 saturated carbocycles. The fourth-order valence-electron chi connectivity index (χ4n) is 4.33. The van der Waals surface area contributed by atoms with E-state index in [1.807, 2.05) is 41.3 Å². The van der Waals surface area contributed by atoms with Crippen molar-refractivity contribution in [2.75, 3.05) is 4.90 Å². The maximum atomic E-state index is 5.85. The molecule has 1 unspecified atom stereocenters. The third-order valence-electron chi connectivity index (χ3n) is 6.15. The number of hydrogen-bond donors (Lipinski definition) is 1. The van der Waals surface area contributed by atoms with Crippen LogP contribution >= 0.6 is 12.2 Å². The topological polar surface area (TPSA) is 54.2 Å². The van der Waals surface area contributed by atoms with E-state index in [4.69, 9.17) is 21.7 Å². The Balaban J connectivity index is 1.63. The summed E-state index contributed by atoms with van der Waals surface area (Å²) in [5.41, 5.74) is 7.30. The zero-order valence-corrected chi connectivity index (χ0v) is 20.3. The van der Waals surface area contributed by atoms with Gasteiger partial charge in [0.15, 0.2) is 5.11 Å². The molecule has 5 nitrogen and oxygen atoms in total. The fraction of sp³-hybridized carbons (Fsp3) is 0.179. The average Bonchev–Trinajstić information content (AvgIpc) is 3.34. The van der Waals surface area contributed by atoms with E-state index in [1.165, 1.54) is 5.56 Å². The molecule has 170 valence electrons. The van der Waals surface area contributed by atoms with Crippen molar-refractivity contribution in [3.8, 4) is 11.4 Å². The van der Waals surface area contributed by atoms with Gasteiger partial charge in [0.25, 0.3) is 5.89 Å². The molecule has 1 aromatic heterocycles. The lowest BCUT2D eigenvalue weighted by molar-refractivity contribution is 0.404. The Kier molecular flexibility index (Phi) is 5.99. The van der Waals surface area contributed by atoms with Gasteiger partial charge in [-0.1, -0.05) is 78.8 Å². The van der Waals surface area contributed by atoms with Gasteiger partial charge in [-0.2, -0.15) is 4.98 Å². The molecular formula is C28H26N4OS. The number of hydrogen-bond acceptors (Lipinski definition) is 4. The highest BCUT2D eigenvalue weighted by atomic mass is 32.1. The molecule has 34 heavy (non-hydrogen) atoms. The van der Waals surface area contributed by atoms with Gasteiger partial charge in [0.1, 0.15) is 0 Å². The van der Waals surface area contributed by atoms with Crippen LogP contribution in [0.5, 0.6) is 0 Å². The van der Waals surface area contributed by atoms with Crippen molar-refractivity contribution < 1.29 is 4.52 Å². The van der Waals surface area contributed by atoms with Crippen LogP contribution in [-0.4, -0.2) is 15.3 Å². The molecule has 1 atom stereocenters. The summed E-state index contributed by atoms with van der Waals surface area (Å²) in [5.74, 6) is 1.05. The van der Waals surface area contributed by atoms with Gasteiger partial charge in [-0.15, -0.1) is 0 Å². The van der Waals surface area contributed by atoms with Gasteiger partial charge in [-0.05, 0) is 61.3 Å². The first kappa shape index (κ1) is 22.0. The number of aryl methyl sites for hydroxylation is 2. The minimum Gasteiger partial charge on any atom is -0.351 e. The molecule has 1 aliphatic heterocycles.